The molecule has 0 spiro atoms. The summed E-state index contributed by atoms with van der Waals surface area (Å²) < 4.78 is 38.6. The van der Waals surface area contributed by atoms with E-state index in [0.717, 1.165) is 44.2 Å². The van der Waals surface area contributed by atoms with Crippen LogP contribution in [0.25, 0.3) is 0 Å². The normalized spacial score (nSPS) is 15.6. The molecule has 0 saturated heterocycles. The van der Waals surface area contributed by atoms with Crippen LogP contribution in [0.3, 0.4) is 0 Å². The lowest BCUT2D eigenvalue weighted by Crippen LogP contribution is -2.41. The van der Waals surface area contributed by atoms with Crippen molar-refractivity contribution in [3.63, 3.8) is 0 Å². The molecule has 0 atom stereocenters. The van der Waals surface area contributed by atoms with Crippen LogP contribution in [0.5, 0.6) is 0 Å². The molecule has 2 rings (SSSR count). The van der Waals surface area contributed by atoms with Crippen molar-refractivity contribution in [2.45, 2.75) is 57.7 Å². The van der Waals surface area contributed by atoms with Crippen LogP contribution < -0.4 is 5.32 Å². The standard InChI is InChI=1S/C18H22ClF3N2O2/c1-12(25)24(14-5-3-2-4-6-14)10-9-17(26)23-13-7-8-16(19)15(11-13)18(20,21)22/h7-8,11,14H,2-6,9-10H2,1H3,(H,23,26). The number of alkyl halides is 3. The zero-order valence-corrected chi connectivity index (χ0v) is 15.3. The van der Waals surface area contributed by atoms with Crippen molar-refractivity contribution in [1.82, 2.24) is 4.90 Å². The van der Waals surface area contributed by atoms with E-state index in [1.165, 1.54) is 13.0 Å². The number of nitrogens with one attached hydrogen (secondary N) is 1. The van der Waals surface area contributed by atoms with Gasteiger partial charge in [0.2, 0.25) is 11.8 Å². The van der Waals surface area contributed by atoms with E-state index in [4.69, 9.17) is 11.6 Å². The Hall–Kier alpha value is -1.76. The Labute approximate surface area is 155 Å². The molecule has 0 aromatic heterocycles. The van der Waals surface area contributed by atoms with Crippen LogP contribution in [0.1, 0.15) is 51.0 Å². The first-order valence-electron chi connectivity index (χ1n) is 8.62. The number of rotatable bonds is 5. The molecule has 0 radical (unpaired) electrons. The summed E-state index contributed by atoms with van der Waals surface area (Å²) in [4.78, 5) is 25.7. The molecule has 26 heavy (non-hydrogen) atoms. The van der Waals surface area contributed by atoms with Crippen LogP contribution in [-0.2, 0) is 15.8 Å². The first-order chi connectivity index (χ1) is 12.2. The molecule has 1 N–H and O–H groups in total. The number of halogens is 4. The van der Waals surface area contributed by atoms with E-state index in [-0.39, 0.29) is 30.6 Å². The maximum atomic E-state index is 12.9. The fraction of sp³-hybridized carbons (Fsp3) is 0.556. The molecule has 1 fully saturated rings. The molecule has 144 valence electrons. The van der Waals surface area contributed by atoms with E-state index in [9.17, 15) is 22.8 Å². The van der Waals surface area contributed by atoms with E-state index >= 15 is 0 Å². The highest BCUT2D eigenvalue weighted by Crippen LogP contribution is 2.36. The van der Waals surface area contributed by atoms with E-state index in [1.54, 1.807) is 4.90 Å². The van der Waals surface area contributed by atoms with Crippen molar-refractivity contribution in [2.24, 2.45) is 0 Å². The first-order valence-corrected chi connectivity index (χ1v) is 9.00. The fourth-order valence-electron chi connectivity index (χ4n) is 3.26. The van der Waals surface area contributed by atoms with Gasteiger partial charge in [-0.05, 0) is 31.0 Å². The third-order valence-electron chi connectivity index (χ3n) is 4.56. The highest BCUT2D eigenvalue weighted by Gasteiger charge is 2.33. The van der Waals surface area contributed by atoms with Crippen LogP contribution in [0.4, 0.5) is 18.9 Å². The molecule has 1 aromatic rings. The number of nitrogens with zero attached hydrogens (tertiary/aromatic N) is 1. The molecule has 0 unspecified atom stereocenters. The molecule has 0 bridgehead atoms. The Balaban J connectivity index is 1.96. The summed E-state index contributed by atoms with van der Waals surface area (Å²) in [5.74, 6) is -0.530. The van der Waals surface area contributed by atoms with Gasteiger partial charge in [0, 0.05) is 31.6 Å². The monoisotopic (exact) mass is 390 g/mol. The highest BCUT2D eigenvalue weighted by molar-refractivity contribution is 6.31. The molecule has 0 aliphatic heterocycles. The summed E-state index contributed by atoms with van der Waals surface area (Å²) in [6.07, 6.45) is 0.559. The Morgan fingerprint density at radius 1 is 1.23 bits per heavy atom. The van der Waals surface area contributed by atoms with E-state index in [2.05, 4.69) is 5.32 Å². The maximum absolute atomic E-state index is 12.9. The largest absolute Gasteiger partial charge is 0.417 e. The summed E-state index contributed by atoms with van der Waals surface area (Å²) in [7, 11) is 0. The van der Waals surface area contributed by atoms with Gasteiger partial charge in [-0.3, -0.25) is 9.59 Å². The summed E-state index contributed by atoms with van der Waals surface area (Å²) in [5, 5.41) is 2.02. The SMILES string of the molecule is CC(=O)N(CCC(=O)Nc1ccc(Cl)c(C(F)(F)F)c1)C1CCCCC1. The minimum atomic E-state index is -4.59. The Morgan fingerprint density at radius 2 is 1.88 bits per heavy atom. The van der Waals surface area contributed by atoms with Crippen LogP contribution in [-0.4, -0.2) is 29.3 Å². The van der Waals surface area contributed by atoms with Gasteiger partial charge in [-0.25, -0.2) is 0 Å². The molecule has 1 saturated carbocycles. The van der Waals surface area contributed by atoms with Crippen molar-refractivity contribution < 1.29 is 22.8 Å². The molecule has 4 nitrogen and oxygen atoms in total. The number of amides is 2. The second-order valence-electron chi connectivity index (χ2n) is 6.49. The van der Waals surface area contributed by atoms with Crippen LogP contribution in [0.15, 0.2) is 18.2 Å². The lowest BCUT2D eigenvalue weighted by molar-refractivity contribution is -0.137. The van der Waals surface area contributed by atoms with Crippen LogP contribution in [0, 0.1) is 0 Å². The van der Waals surface area contributed by atoms with Gasteiger partial charge in [-0.2, -0.15) is 13.2 Å². The van der Waals surface area contributed by atoms with Gasteiger partial charge in [0.15, 0.2) is 0 Å². The first kappa shape index (κ1) is 20.6. The molecule has 2 amide bonds. The second kappa shape index (κ2) is 8.75. The Morgan fingerprint density at radius 3 is 2.46 bits per heavy atom. The molecule has 0 heterocycles. The van der Waals surface area contributed by atoms with Gasteiger partial charge >= 0.3 is 6.18 Å². The minimum absolute atomic E-state index is 0.0266. The predicted octanol–water partition coefficient (Wildman–Crippen LogP) is 4.87. The number of carbonyl (C=O) groups excluding carboxylic acids is 2. The fourth-order valence-corrected chi connectivity index (χ4v) is 3.48. The molecule has 1 aliphatic carbocycles. The van der Waals surface area contributed by atoms with Gasteiger partial charge in [-0.15, -0.1) is 0 Å². The molecule has 1 aliphatic rings. The zero-order valence-electron chi connectivity index (χ0n) is 14.5. The number of hydrogen-bond donors (Lipinski definition) is 1. The summed E-state index contributed by atoms with van der Waals surface area (Å²) in [6, 6.07) is 3.37. The number of anilines is 1. The van der Waals surface area contributed by atoms with E-state index < -0.39 is 22.7 Å². The maximum Gasteiger partial charge on any atom is 0.417 e. The van der Waals surface area contributed by atoms with E-state index in [0.29, 0.717) is 0 Å². The Bertz CT molecular complexity index is 658. The van der Waals surface area contributed by atoms with Crippen molar-refractivity contribution in [3.05, 3.63) is 28.8 Å². The van der Waals surface area contributed by atoms with Gasteiger partial charge in [-0.1, -0.05) is 30.9 Å². The molecular formula is C18H22ClF3N2O2. The quantitative estimate of drug-likeness (QED) is 0.779. The number of hydrogen-bond acceptors (Lipinski definition) is 2. The van der Waals surface area contributed by atoms with Crippen molar-refractivity contribution in [2.75, 3.05) is 11.9 Å². The average molecular weight is 391 g/mol. The zero-order chi connectivity index (χ0) is 19.3. The van der Waals surface area contributed by atoms with Gasteiger partial charge in [0.1, 0.15) is 0 Å². The van der Waals surface area contributed by atoms with Crippen molar-refractivity contribution in [1.29, 1.82) is 0 Å². The summed E-state index contributed by atoms with van der Waals surface area (Å²) in [5.41, 5.74) is -0.969. The third kappa shape index (κ3) is 5.62. The smallest absolute Gasteiger partial charge is 0.339 e. The molecule has 1 aromatic carbocycles. The van der Waals surface area contributed by atoms with Crippen LogP contribution >= 0.6 is 11.6 Å². The Kier molecular flexibility index (Phi) is 6.92. The van der Waals surface area contributed by atoms with Gasteiger partial charge in [0.25, 0.3) is 0 Å². The van der Waals surface area contributed by atoms with Crippen molar-refractivity contribution in [3.8, 4) is 0 Å². The predicted molar refractivity (Wildman–Crippen MR) is 94.0 cm³/mol. The van der Waals surface area contributed by atoms with Gasteiger partial charge < -0.3 is 10.2 Å². The van der Waals surface area contributed by atoms with Crippen molar-refractivity contribution >= 4 is 29.1 Å². The number of carbonyl (C=O) groups is 2. The topological polar surface area (TPSA) is 49.4 Å². The summed E-state index contributed by atoms with van der Waals surface area (Å²) in [6.45, 7) is 1.73. The lowest BCUT2D eigenvalue weighted by atomic mass is 9.94. The van der Waals surface area contributed by atoms with Crippen LogP contribution in [0.2, 0.25) is 5.02 Å². The van der Waals surface area contributed by atoms with Gasteiger partial charge in [0.05, 0.1) is 10.6 Å². The van der Waals surface area contributed by atoms with E-state index in [1.807, 2.05) is 0 Å². The molecular weight excluding hydrogens is 369 g/mol. The number of benzene rings is 1. The molecule has 8 heteroatoms. The third-order valence-corrected chi connectivity index (χ3v) is 4.88. The minimum Gasteiger partial charge on any atom is -0.339 e. The lowest BCUT2D eigenvalue weighted by Gasteiger charge is -2.33. The second-order valence-corrected chi connectivity index (χ2v) is 6.90. The summed E-state index contributed by atoms with van der Waals surface area (Å²) >= 11 is 5.56. The average Bonchev–Trinajstić information content (AvgIpc) is 2.56. The highest BCUT2D eigenvalue weighted by atomic mass is 35.5.